The maximum absolute atomic E-state index is 6.91. The highest BCUT2D eigenvalue weighted by atomic mass is 16.3. The van der Waals surface area contributed by atoms with Gasteiger partial charge in [0.2, 0.25) is 0 Å². The Bertz CT molecular complexity index is 3200. The molecule has 0 unspecified atom stereocenters. The van der Waals surface area contributed by atoms with Crippen molar-refractivity contribution in [2.24, 2.45) is 0 Å². The molecule has 0 amide bonds. The molecule has 0 aliphatic rings. The largest absolute Gasteiger partial charge is 0.455 e. The fourth-order valence-corrected chi connectivity index (χ4v) is 8.05. The van der Waals surface area contributed by atoms with Crippen molar-refractivity contribution in [3.63, 3.8) is 0 Å². The summed E-state index contributed by atoms with van der Waals surface area (Å²) in [6.07, 6.45) is 0. The van der Waals surface area contributed by atoms with Gasteiger partial charge >= 0.3 is 0 Å². The van der Waals surface area contributed by atoms with Crippen molar-refractivity contribution in [2.75, 3.05) is 0 Å². The molecule has 0 fully saturated rings. The van der Waals surface area contributed by atoms with Crippen LogP contribution in [0, 0.1) is 0 Å². The van der Waals surface area contributed by atoms with Gasteiger partial charge in [-0.25, -0.2) is 15.0 Å². The van der Waals surface area contributed by atoms with Crippen LogP contribution < -0.4 is 0 Å². The first kappa shape index (κ1) is 31.1. The van der Waals surface area contributed by atoms with E-state index in [0.29, 0.717) is 17.5 Å². The predicted octanol–water partition coefficient (Wildman–Crippen LogP) is 13.6. The maximum Gasteiger partial charge on any atom is 0.164 e. The lowest BCUT2D eigenvalue weighted by Gasteiger charge is -2.13. The van der Waals surface area contributed by atoms with Gasteiger partial charge in [0.1, 0.15) is 11.2 Å². The van der Waals surface area contributed by atoms with Gasteiger partial charge in [-0.05, 0) is 79.3 Å². The molecule has 4 nitrogen and oxygen atoms in total. The van der Waals surface area contributed by atoms with Gasteiger partial charge in [0, 0.05) is 33.0 Å². The van der Waals surface area contributed by atoms with Gasteiger partial charge in [-0.3, -0.25) is 0 Å². The minimum absolute atomic E-state index is 0.636. The molecule has 11 aromatic rings. The predicted molar refractivity (Wildman–Crippen MR) is 227 cm³/mol. The summed E-state index contributed by atoms with van der Waals surface area (Å²) in [4.78, 5) is 15.0. The van der Waals surface area contributed by atoms with Crippen LogP contribution in [-0.2, 0) is 0 Å². The fourth-order valence-electron chi connectivity index (χ4n) is 8.05. The van der Waals surface area contributed by atoms with Gasteiger partial charge in [-0.2, -0.15) is 0 Å². The molecule has 0 aliphatic heterocycles. The zero-order valence-electron chi connectivity index (χ0n) is 29.6. The van der Waals surface area contributed by atoms with Crippen molar-refractivity contribution in [3.05, 3.63) is 188 Å². The number of rotatable bonds is 5. The molecule has 4 heteroatoms. The summed E-state index contributed by atoms with van der Waals surface area (Å²) in [7, 11) is 0. The van der Waals surface area contributed by atoms with Crippen LogP contribution in [0.2, 0.25) is 0 Å². The van der Waals surface area contributed by atoms with Crippen LogP contribution in [0.5, 0.6) is 0 Å². The second-order valence-corrected chi connectivity index (χ2v) is 14.0. The molecule has 2 heterocycles. The van der Waals surface area contributed by atoms with Gasteiger partial charge in [-0.1, -0.05) is 158 Å². The lowest BCUT2D eigenvalue weighted by Crippen LogP contribution is -2.00. The van der Waals surface area contributed by atoms with E-state index < -0.39 is 0 Å². The lowest BCUT2D eigenvalue weighted by atomic mass is 9.93. The molecule has 0 atom stereocenters. The molecule has 11 rings (SSSR count). The second kappa shape index (κ2) is 12.6. The van der Waals surface area contributed by atoms with E-state index in [-0.39, 0.29) is 0 Å². The third kappa shape index (κ3) is 5.26. The molecule has 0 saturated heterocycles. The molecule has 9 aromatic carbocycles. The molecule has 55 heavy (non-hydrogen) atoms. The molecule has 2 aromatic heterocycles. The van der Waals surface area contributed by atoms with E-state index in [4.69, 9.17) is 19.4 Å². The van der Waals surface area contributed by atoms with Crippen LogP contribution in [0.1, 0.15) is 0 Å². The molecular weight excluding hydrogens is 671 g/mol. The second-order valence-electron chi connectivity index (χ2n) is 14.0. The van der Waals surface area contributed by atoms with E-state index in [1.54, 1.807) is 0 Å². The molecule has 0 aliphatic carbocycles. The number of furan rings is 1. The van der Waals surface area contributed by atoms with E-state index in [9.17, 15) is 0 Å². The van der Waals surface area contributed by atoms with Gasteiger partial charge < -0.3 is 4.42 Å². The molecule has 0 N–H and O–H groups in total. The van der Waals surface area contributed by atoms with E-state index in [0.717, 1.165) is 71.7 Å². The third-order valence-electron chi connectivity index (χ3n) is 10.7. The minimum Gasteiger partial charge on any atom is -0.455 e. The van der Waals surface area contributed by atoms with Gasteiger partial charge in [0.15, 0.2) is 17.5 Å². The van der Waals surface area contributed by atoms with Crippen molar-refractivity contribution < 1.29 is 4.42 Å². The Kier molecular flexibility index (Phi) is 7.14. The van der Waals surface area contributed by atoms with Crippen molar-refractivity contribution >= 4 is 54.3 Å². The molecular formula is C51H31N3O. The van der Waals surface area contributed by atoms with Crippen molar-refractivity contribution in [1.82, 2.24) is 15.0 Å². The van der Waals surface area contributed by atoms with Crippen molar-refractivity contribution in [2.45, 2.75) is 0 Å². The van der Waals surface area contributed by atoms with Crippen molar-refractivity contribution in [1.29, 1.82) is 0 Å². The highest BCUT2D eigenvalue weighted by molar-refractivity contribution is 6.19. The molecule has 0 saturated carbocycles. The first-order valence-electron chi connectivity index (χ1n) is 18.5. The topological polar surface area (TPSA) is 51.8 Å². The van der Waals surface area contributed by atoms with E-state index in [1.165, 1.54) is 21.5 Å². The Labute approximate surface area is 317 Å². The lowest BCUT2D eigenvalue weighted by molar-refractivity contribution is 0.670. The number of hydrogen-bond acceptors (Lipinski definition) is 4. The number of fused-ring (bicyclic) bond motifs is 6. The van der Waals surface area contributed by atoms with E-state index in [1.807, 2.05) is 60.7 Å². The highest BCUT2D eigenvalue weighted by Gasteiger charge is 2.19. The average molecular weight is 702 g/mol. The molecule has 256 valence electrons. The Hall–Kier alpha value is -7.43. The Morgan fingerprint density at radius 1 is 0.309 bits per heavy atom. The number of benzene rings is 9. The van der Waals surface area contributed by atoms with Crippen LogP contribution >= 0.6 is 0 Å². The van der Waals surface area contributed by atoms with Crippen molar-refractivity contribution in [3.8, 4) is 56.4 Å². The van der Waals surface area contributed by atoms with Gasteiger partial charge in [-0.15, -0.1) is 0 Å². The monoisotopic (exact) mass is 701 g/mol. The summed E-state index contributed by atoms with van der Waals surface area (Å²) < 4.78 is 6.91. The molecule has 0 radical (unpaired) electrons. The number of nitrogens with zero attached hydrogens (tertiary/aromatic N) is 3. The zero-order valence-corrected chi connectivity index (χ0v) is 29.6. The van der Waals surface area contributed by atoms with Crippen LogP contribution in [-0.4, -0.2) is 15.0 Å². The normalized spacial score (nSPS) is 11.6. The smallest absolute Gasteiger partial charge is 0.164 e. The van der Waals surface area contributed by atoms with Gasteiger partial charge in [0.25, 0.3) is 0 Å². The fraction of sp³-hybridized carbons (Fsp3) is 0. The number of aromatic nitrogens is 3. The summed E-state index contributed by atoms with van der Waals surface area (Å²) in [5.74, 6) is 1.92. The van der Waals surface area contributed by atoms with Crippen LogP contribution in [0.3, 0.4) is 0 Å². The molecule has 0 spiro atoms. The van der Waals surface area contributed by atoms with E-state index in [2.05, 4.69) is 127 Å². The molecule has 0 bridgehead atoms. The Morgan fingerprint density at radius 3 is 1.60 bits per heavy atom. The summed E-state index contributed by atoms with van der Waals surface area (Å²) >= 11 is 0. The van der Waals surface area contributed by atoms with Gasteiger partial charge in [0.05, 0.1) is 0 Å². The third-order valence-corrected chi connectivity index (χ3v) is 10.7. The minimum atomic E-state index is 0.636. The van der Waals surface area contributed by atoms with Crippen LogP contribution in [0.25, 0.3) is 111 Å². The summed E-state index contributed by atoms with van der Waals surface area (Å²) in [6.45, 7) is 0. The SMILES string of the molecule is c1ccc(-c2nc(-c3ccccc3)nc(-c3ccc(-c4ccc5c(c4)oc4c(-c6ccc7ccccc7c6)c6ccccc6cc45)c4ccccc34)n2)cc1. The first-order valence-corrected chi connectivity index (χ1v) is 18.5. The number of hydrogen-bond donors (Lipinski definition) is 0. The quantitative estimate of drug-likeness (QED) is 0.179. The summed E-state index contributed by atoms with van der Waals surface area (Å²) in [6, 6.07) is 65.7. The Morgan fingerprint density at radius 2 is 0.873 bits per heavy atom. The summed E-state index contributed by atoms with van der Waals surface area (Å²) in [5, 5.41) is 9.19. The van der Waals surface area contributed by atoms with E-state index >= 15 is 0 Å². The Balaban J connectivity index is 1.08. The van der Waals surface area contributed by atoms with Crippen LogP contribution in [0.15, 0.2) is 192 Å². The summed E-state index contributed by atoms with van der Waals surface area (Å²) in [5.41, 5.74) is 9.06. The maximum atomic E-state index is 6.91. The van der Waals surface area contributed by atoms with Crippen LogP contribution in [0.4, 0.5) is 0 Å². The zero-order chi connectivity index (χ0) is 36.3. The highest BCUT2D eigenvalue weighted by Crippen LogP contribution is 2.43. The average Bonchev–Trinajstić information content (AvgIpc) is 3.62. The standard InChI is InChI=1S/C51H31N3O/c1-3-14-33(15-4-1)49-52-50(34-16-5-2-6-17-34)54-51(53-49)44-28-27-39(41-21-11-12-22-42(41)44)37-25-26-43-45-30-36-19-9-10-20-40(36)47(48(45)55-46(43)31-37)38-24-23-32-13-7-8-18-35(32)29-38/h1-31H. The first-order chi connectivity index (χ1) is 27.2.